The van der Waals surface area contributed by atoms with E-state index in [2.05, 4.69) is 9.83 Å². The number of fused-ring (bicyclic) bond motifs is 1. The minimum Gasteiger partial charge on any atom is -0.310 e. The molecule has 0 saturated heterocycles. The van der Waals surface area contributed by atoms with Crippen LogP contribution in [0.15, 0.2) is 24.5 Å². The van der Waals surface area contributed by atoms with Crippen LogP contribution in [0.4, 0.5) is 0 Å². The van der Waals surface area contributed by atoms with Gasteiger partial charge >= 0.3 is 0 Å². The SMILES string of the molecule is [C-]#[N+]Cc1cnc2ccc(Cl)cn12. The van der Waals surface area contributed by atoms with Gasteiger partial charge in [0.1, 0.15) is 11.3 Å². The largest absolute Gasteiger partial charge is 0.310 e. The summed E-state index contributed by atoms with van der Waals surface area (Å²) in [7, 11) is 0. The Hall–Kier alpha value is -1.53. The lowest BCUT2D eigenvalue weighted by atomic mass is 10.4. The Balaban J connectivity index is 2.66. The predicted molar refractivity (Wildman–Crippen MR) is 50.5 cm³/mol. The molecule has 4 heteroatoms. The average Bonchev–Trinajstić information content (AvgIpc) is 2.49. The van der Waals surface area contributed by atoms with Crippen molar-refractivity contribution >= 4 is 17.2 Å². The van der Waals surface area contributed by atoms with E-state index in [1.54, 1.807) is 18.5 Å². The third-order valence-corrected chi connectivity index (χ3v) is 2.01. The molecule has 0 aliphatic carbocycles. The van der Waals surface area contributed by atoms with Crippen molar-refractivity contribution in [1.29, 1.82) is 0 Å². The molecule has 64 valence electrons. The minimum absolute atomic E-state index is 0.335. The smallest absolute Gasteiger partial charge is 0.256 e. The number of hydrogen-bond donors (Lipinski definition) is 0. The second kappa shape index (κ2) is 3.08. The first-order chi connectivity index (χ1) is 6.31. The van der Waals surface area contributed by atoms with Crippen LogP contribution in [-0.2, 0) is 6.54 Å². The summed E-state index contributed by atoms with van der Waals surface area (Å²) in [5.41, 5.74) is 1.69. The van der Waals surface area contributed by atoms with E-state index < -0.39 is 0 Å². The summed E-state index contributed by atoms with van der Waals surface area (Å²) in [5.74, 6) is 0. The molecule has 2 aromatic heterocycles. The predicted octanol–water partition coefficient (Wildman–Crippen LogP) is 2.41. The van der Waals surface area contributed by atoms with Crippen molar-refractivity contribution in [2.75, 3.05) is 0 Å². The Morgan fingerprint density at radius 2 is 2.38 bits per heavy atom. The molecule has 0 bridgehead atoms. The summed E-state index contributed by atoms with van der Waals surface area (Å²) in [6.07, 6.45) is 3.47. The highest BCUT2D eigenvalue weighted by Gasteiger charge is 2.04. The van der Waals surface area contributed by atoms with Crippen molar-refractivity contribution in [2.24, 2.45) is 0 Å². The van der Waals surface area contributed by atoms with E-state index in [0.717, 1.165) is 11.3 Å². The Bertz CT molecular complexity index is 481. The van der Waals surface area contributed by atoms with Gasteiger partial charge in [-0.15, -0.1) is 0 Å². The number of imidazole rings is 1. The van der Waals surface area contributed by atoms with Gasteiger partial charge in [0.05, 0.1) is 11.2 Å². The summed E-state index contributed by atoms with van der Waals surface area (Å²) in [4.78, 5) is 7.44. The van der Waals surface area contributed by atoms with Crippen LogP contribution in [0.3, 0.4) is 0 Å². The molecule has 0 unspecified atom stereocenters. The number of rotatable bonds is 1. The molecule has 0 aliphatic rings. The molecule has 0 radical (unpaired) electrons. The highest BCUT2D eigenvalue weighted by Crippen LogP contribution is 2.13. The zero-order valence-electron chi connectivity index (χ0n) is 6.74. The van der Waals surface area contributed by atoms with Crippen LogP contribution in [0, 0.1) is 6.57 Å². The summed E-state index contributed by atoms with van der Waals surface area (Å²) in [5, 5.41) is 0.650. The molecule has 0 aromatic carbocycles. The van der Waals surface area contributed by atoms with Crippen LogP contribution in [0.2, 0.25) is 5.02 Å². The molecule has 0 amide bonds. The molecule has 0 N–H and O–H groups in total. The summed E-state index contributed by atoms with van der Waals surface area (Å²) >= 11 is 5.82. The average molecular weight is 192 g/mol. The first-order valence-electron chi connectivity index (χ1n) is 3.76. The van der Waals surface area contributed by atoms with Crippen LogP contribution >= 0.6 is 11.6 Å². The zero-order valence-corrected chi connectivity index (χ0v) is 7.49. The lowest BCUT2D eigenvalue weighted by Gasteiger charge is -1.95. The molecule has 0 atom stereocenters. The molecular formula is C9H6ClN3. The van der Waals surface area contributed by atoms with Crippen LogP contribution in [0.5, 0.6) is 0 Å². The fraction of sp³-hybridized carbons (Fsp3) is 0.111. The van der Waals surface area contributed by atoms with E-state index >= 15 is 0 Å². The second-order valence-corrected chi connectivity index (χ2v) is 3.08. The normalized spacial score (nSPS) is 10.2. The van der Waals surface area contributed by atoms with Crippen molar-refractivity contribution in [3.05, 3.63) is 46.7 Å². The molecule has 2 rings (SSSR count). The van der Waals surface area contributed by atoms with Crippen molar-refractivity contribution < 1.29 is 0 Å². The van der Waals surface area contributed by atoms with Gasteiger partial charge in [0, 0.05) is 6.20 Å². The quantitative estimate of drug-likeness (QED) is 0.635. The maximum Gasteiger partial charge on any atom is 0.256 e. The summed E-state index contributed by atoms with van der Waals surface area (Å²) in [6, 6.07) is 3.61. The fourth-order valence-electron chi connectivity index (χ4n) is 1.20. The summed E-state index contributed by atoms with van der Waals surface area (Å²) < 4.78 is 1.83. The molecule has 2 heterocycles. The van der Waals surface area contributed by atoms with E-state index in [1.165, 1.54) is 0 Å². The van der Waals surface area contributed by atoms with E-state index in [4.69, 9.17) is 18.2 Å². The molecule has 0 fully saturated rings. The highest BCUT2D eigenvalue weighted by molar-refractivity contribution is 6.30. The molecule has 13 heavy (non-hydrogen) atoms. The zero-order chi connectivity index (χ0) is 9.26. The van der Waals surface area contributed by atoms with E-state index in [1.807, 2.05) is 10.5 Å². The topological polar surface area (TPSA) is 21.7 Å². The number of nitrogens with zero attached hydrogens (tertiary/aromatic N) is 3. The molecule has 2 aromatic rings. The fourth-order valence-corrected chi connectivity index (χ4v) is 1.36. The standard InChI is InChI=1S/C9H6ClN3/c1-11-4-8-5-12-9-3-2-7(10)6-13(8)9/h2-3,5-6H,4H2. The highest BCUT2D eigenvalue weighted by atomic mass is 35.5. The number of pyridine rings is 1. The van der Waals surface area contributed by atoms with Crippen LogP contribution in [-0.4, -0.2) is 9.38 Å². The van der Waals surface area contributed by atoms with Gasteiger partial charge in [-0.05, 0) is 12.1 Å². The number of hydrogen-bond acceptors (Lipinski definition) is 1. The number of aromatic nitrogens is 2. The molecule has 3 nitrogen and oxygen atoms in total. The van der Waals surface area contributed by atoms with E-state index in [-0.39, 0.29) is 0 Å². The van der Waals surface area contributed by atoms with E-state index in [0.29, 0.717) is 11.6 Å². The van der Waals surface area contributed by atoms with Crippen LogP contribution in [0.1, 0.15) is 5.69 Å². The van der Waals surface area contributed by atoms with Crippen molar-refractivity contribution in [2.45, 2.75) is 6.54 Å². The van der Waals surface area contributed by atoms with Gasteiger partial charge < -0.3 is 4.85 Å². The van der Waals surface area contributed by atoms with Gasteiger partial charge in [-0.3, -0.25) is 4.40 Å². The van der Waals surface area contributed by atoms with Crippen LogP contribution < -0.4 is 0 Å². The first-order valence-corrected chi connectivity index (χ1v) is 4.14. The Morgan fingerprint density at radius 1 is 1.54 bits per heavy atom. The lowest BCUT2D eigenvalue weighted by molar-refractivity contribution is 1.05. The molecular weight excluding hydrogens is 186 g/mol. The lowest BCUT2D eigenvalue weighted by Crippen LogP contribution is -1.89. The Morgan fingerprint density at radius 3 is 3.15 bits per heavy atom. The van der Waals surface area contributed by atoms with Crippen molar-refractivity contribution in [1.82, 2.24) is 9.38 Å². The maximum atomic E-state index is 6.76. The van der Waals surface area contributed by atoms with Gasteiger partial charge in [-0.1, -0.05) is 11.6 Å². The Kier molecular flexibility index (Phi) is 1.91. The van der Waals surface area contributed by atoms with Gasteiger partial charge in [0.25, 0.3) is 6.54 Å². The summed E-state index contributed by atoms with van der Waals surface area (Å²) in [6.45, 7) is 7.09. The molecule has 0 saturated carbocycles. The number of halogens is 1. The first kappa shape index (κ1) is 8.09. The molecule has 0 spiro atoms. The third-order valence-electron chi connectivity index (χ3n) is 1.79. The second-order valence-electron chi connectivity index (χ2n) is 2.64. The van der Waals surface area contributed by atoms with E-state index in [9.17, 15) is 0 Å². The van der Waals surface area contributed by atoms with Gasteiger partial charge in [0.15, 0.2) is 0 Å². The van der Waals surface area contributed by atoms with Crippen molar-refractivity contribution in [3.63, 3.8) is 0 Å². The van der Waals surface area contributed by atoms with Gasteiger partial charge in [-0.2, -0.15) is 0 Å². The Labute approximate surface area is 80.4 Å². The monoisotopic (exact) mass is 191 g/mol. The van der Waals surface area contributed by atoms with Crippen LogP contribution in [0.25, 0.3) is 10.5 Å². The van der Waals surface area contributed by atoms with Crippen molar-refractivity contribution in [3.8, 4) is 0 Å². The van der Waals surface area contributed by atoms with Gasteiger partial charge in [-0.25, -0.2) is 11.6 Å². The van der Waals surface area contributed by atoms with Gasteiger partial charge in [0.2, 0.25) is 0 Å². The minimum atomic E-state index is 0.335. The maximum absolute atomic E-state index is 6.76. The molecule has 0 aliphatic heterocycles. The third kappa shape index (κ3) is 1.36.